The average Bonchev–Trinajstić information content (AvgIpc) is 2.89. The number of non-ortho nitro benzene ring substituents is 1. The van der Waals surface area contributed by atoms with Crippen molar-refractivity contribution in [3.63, 3.8) is 0 Å². The summed E-state index contributed by atoms with van der Waals surface area (Å²) < 4.78 is 5.94. The van der Waals surface area contributed by atoms with E-state index >= 15 is 0 Å². The van der Waals surface area contributed by atoms with Crippen molar-refractivity contribution >= 4 is 17.4 Å². The molecule has 186 valence electrons. The van der Waals surface area contributed by atoms with Gasteiger partial charge in [-0.3, -0.25) is 14.9 Å². The number of nitrogens with one attached hydrogen (secondary N) is 1. The van der Waals surface area contributed by atoms with Crippen molar-refractivity contribution in [3.8, 4) is 0 Å². The molecular weight excluding hydrogens is 456 g/mol. The Morgan fingerprint density at radius 1 is 0.972 bits per heavy atom. The highest BCUT2D eigenvalue weighted by Crippen LogP contribution is 2.46. The van der Waals surface area contributed by atoms with Crippen LogP contribution in [-0.4, -0.2) is 22.8 Å². The lowest BCUT2D eigenvalue weighted by Gasteiger charge is -2.37. The molecule has 0 bridgehead atoms. The first kappa shape index (κ1) is 24.0. The highest BCUT2D eigenvalue weighted by atomic mass is 16.6. The molecule has 1 heterocycles. The molecule has 1 aliphatic heterocycles. The van der Waals surface area contributed by atoms with Gasteiger partial charge in [-0.1, -0.05) is 48.9 Å². The van der Waals surface area contributed by atoms with Crippen LogP contribution in [0.15, 0.2) is 77.1 Å². The van der Waals surface area contributed by atoms with Crippen LogP contribution in [-0.2, 0) is 14.3 Å². The number of nitro benzene ring substituents is 1. The number of esters is 1. The van der Waals surface area contributed by atoms with E-state index in [-0.39, 0.29) is 23.5 Å². The van der Waals surface area contributed by atoms with Gasteiger partial charge in [-0.25, -0.2) is 4.79 Å². The smallest absolute Gasteiger partial charge is 0.337 e. The number of carbonyl (C=O) groups excluding carboxylic acids is 2. The molecular formula is C29H30N2O5. The van der Waals surface area contributed by atoms with Gasteiger partial charge in [0.1, 0.15) is 6.10 Å². The molecule has 0 radical (unpaired) electrons. The zero-order valence-corrected chi connectivity index (χ0v) is 20.4. The van der Waals surface area contributed by atoms with E-state index in [4.69, 9.17) is 4.74 Å². The summed E-state index contributed by atoms with van der Waals surface area (Å²) in [6.45, 7) is 1.84. The van der Waals surface area contributed by atoms with E-state index in [9.17, 15) is 19.7 Å². The normalized spacial score (nSPS) is 22.6. The summed E-state index contributed by atoms with van der Waals surface area (Å²) in [5.74, 6) is -1.01. The SMILES string of the molecule is CC1=C(C(=O)OC2CCCCC2)[C@@H](c2ccc([N+](=O)[O-])cc2)C2=C(C[C@H](c3ccccc3)CC2=O)N1. The fraction of sp³-hybridized carbons (Fsp3) is 0.379. The van der Waals surface area contributed by atoms with E-state index in [2.05, 4.69) is 5.32 Å². The maximum atomic E-state index is 13.7. The number of Topliss-reactive ketones (excluding diaryl/α,β-unsaturated/α-hetero) is 1. The molecule has 3 aliphatic rings. The second-order valence-electron chi connectivity index (χ2n) is 9.94. The Labute approximate surface area is 210 Å². The Morgan fingerprint density at radius 2 is 1.67 bits per heavy atom. The third kappa shape index (κ3) is 4.70. The number of nitrogens with zero attached hydrogens (tertiary/aromatic N) is 1. The van der Waals surface area contributed by atoms with Crippen LogP contribution >= 0.6 is 0 Å². The van der Waals surface area contributed by atoms with Gasteiger partial charge >= 0.3 is 5.97 Å². The summed E-state index contributed by atoms with van der Waals surface area (Å²) >= 11 is 0. The molecule has 7 heteroatoms. The van der Waals surface area contributed by atoms with Crippen molar-refractivity contribution in [2.45, 2.75) is 69.8 Å². The van der Waals surface area contributed by atoms with Crippen molar-refractivity contribution in [2.75, 3.05) is 0 Å². The van der Waals surface area contributed by atoms with Crippen LogP contribution in [0.25, 0.3) is 0 Å². The number of dihydropyridines is 1. The molecule has 0 unspecified atom stereocenters. The molecule has 2 atom stereocenters. The van der Waals surface area contributed by atoms with Crippen molar-refractivity contribution < 1.29 is 19.2 Å². The fourth-order valence-electron chi connectivity index (χ4n) is 5.79. The van der Waals surface area contributed by atoms with E-state index in [0.717, 1.165) is 43.4 Å². The lowest BCUT2D eigenvalue weighted by atomic mass is 9.71. The van der Waals surface area contributed by atoms with Gasteiger partial charge < -0.3 is 10.1 Å². The summed E-state index contributed by atoms with van der Waals surface area (Å²) in [6.07, 6.45) is 5.79. The molecule has 36 heavy (non-hydrogen) atoms. The number of hydrogen-bond donors (Lipinski definition) is 1. The molecule has 0 spiro atoms. The lowest BCUT2D eigenvalue weighted by molar-refractivity contribution is -0.384. The maximum absolute atomic E-state index is 13.7. The Hall–Kier alpha value is -3.74. The third-order valence-corrected chi connectivity index (χ3v) is 7.58. The largest absolute Gasteiger partial charge is 0.459 e. The molecule has 2 aromatic carbocycles. The second-order valence-corrected chi connectivity index (χ2v) is 9.94. The Bertz CT molecular complexity index is 1240. The standard InChI is InChI=1S/C29H30N2O5/c1-18-26(29(33)36-23-10-6-3-7-11-23)27(20-12-14-22(15-13-20)31(34)35)28-24(30-18)16-21(17-25(28)32)19-8-4-2-5-9-19/h2,4-5,8-9,12-15,21,23,27,30H,3,6-7,10-11,16-17H2,1H3/t21-,27+/m0/s1. The topological polar surface area (TPSA) is 98.5 Å². The van der Waals surface area contributed by atoms with Crippen LogP contribution in [0.2, 0.25) is 0 Å². The van der Waals surface area contributed by atoms with E-state index in [1.165, 1.54) is 12.1 Å². The zero-order valence-electron chi connectivity index (χ0n) is 20.4. The minimum atomic E-state index is -0.623. The maximum Gasteiger partial charge on any atom is 0.337 e. The number of allylic oxidation sites excluding steroid dienone is 3. The summed E-state index contributed by atoms with van der Waals surface area (Å²) in [5, 5.41) is 14.6. The molecule has 1 saturated carbocycles. The van der Waals surface area contributed by atoms with Crippen LogP contribution < -0.4 is 5.32 Å². The molecule has 1 N–H and O–H groups in total. The van der Waals surface area contributed by atoms with Crippen molar-refractivity contribution in [1.29, 1.82) is 0 Å². The van der Waals surface area contributed by atoms with Crippen LogP contribution in [0, 0.1) is 10.1 Å². The van der Waals surface area contributed by atoms with Gasteiger partial charge in [-0.05, 0) is 56.1 Å². The second kappa shape index (κ2) is 10.1. The quantitative estimate of drug-likeness (QED) is 0.324. The van der Waals surface area contributed by atoms with Crippen molar-refractivity contribution in [2.24, 2.45) is 0 Å². The predicted octanol–water partition coefficient (Wildman–Crippen LogP) is 5.83. The van der Waals surface area contributed by atoms with Gasteiger partial charge in [0.15, 0.2) is 5.78 Å². The predicted molar refractivity (Wildman–Crippen MR) is 135 cm³/mol. The molecule has 5 rings (SSSR count). The minimum absolute atomic E-state index is 0.0172. The van der Waals surface area contributed by atoms with Gasteiger partial charge in [-0.15, -0.1) is 0 Å². The first-order chi connectivity index (χ1) is 17.4. The lowest BCUT2D eigenvalue weighted by Crippen LogP contribution is -2.37. The first-order valence-electron chi connectivity index (χ1n) is 12.7. The van der Waals surface area contributed by atoms with Gasteiger partial charge in [0.2, 0.25) is 0 Å². The number of carbonyl (C=O) groups is 2. The molecule has 7 nitrogen and oxygen atoms in total. The van der Waals surface area contributed by atoms with Crippen LogP contribution in [0.1, 0.15) is 74.8 Å². The zero-order chi connectivity index (χ0) is 25.2. The van der Waals surface area contributed by atoms with Gasteiger partial charge in [0.25, 0.3) is 5.69 Å². The van der Waals surface area contributed by atoms with Gasteiger partial charge in [-0.2, -0.15) is 0 Å². The number of rotatable bonds is 5. The van der Waals surface area contributed by atoms with E-state index < -0.39 is 16.8 Å². The van der Waals surface area contributed by atoms with E-state index in [1.54, 1.807) is 12.1 Å². The molecule has 0 aromatic heterocycles. The van der Waals surface area contributed by atoms with Crippen LogP contribution in [0.5, 0.6) is 0 Å². The number of ether oxygens (including phenoxy) is 1. The van der Waals surface area contributed by atoms with Crippen LogP contribution in [0.4, 0.5) is 5.69 Å². The monoisotopic (exact) mass is 486 g/mol. The molecule has 0 amide bonds. The van der Waals surface area contributed by atoms with Gasteiger partial charge in [0.05, 0.1) is 10.5 Å². The minimum Gasteiger partial charge on any atom is -0.459 e. The van der Waals surface area contributed by atoms with Crippen molar-refractivity contribution in [3.05, 3.63) is 98.4 Å². The van der Waals surface area contributed by atoms with Crippen LogP contribution in [0.3, 0.4) is 0 Å². The van der Waals surface area contributed by atoms with Gasteiger partial charge in [0, 0.05) is 41.4 Å². The fourth-order valence-corrected chi connectivity index (χ4v) is 5.79. The summed E-state index contributed by atoms with van der Waals surface area (Å²) in [4.78, 5) is 38.0. The Balaban J connectivity index is 1.53. The number of benzene rings is 2. The molecule has 0 saturated heterocycles. The average molecular weight is 487 g/mol. The first-order valence-corrected chi connectivity index (χ1v) is 12.7. The number of ketones is 1. The van der Waals surface area contributed by atoms with E-state index in [1.807, 2.05) is 37.3 Å². The van der Waals surface area contributed by atoms with E-state index in [0.29, 0.717) is 35.2 Å². The molecule has 1 fully saturated rings. The molecule has 2 aliphatic carbocycles. The summed E-state index contributed by atoms with van der Waals surface area (Å²) in [7, 11) is 0. The third-order valence-electron chi connectivity index (χ3n) is 7.58. The Morgan fingerprint density at radius 3 is 2.33 bits per heavy atom. The molecule has 2 aromatic rings. The summed E-state index contributed by atoms with van der Waals surface area (Å²) in [5.41, 5.74) is 4.21. The highest BCUT2D eigenvalue weighted by molar-refractivity contribution is 6.04. The van der Waals surface area contributed by atoms with Crippen molar-refractivity contribution in [1.82, 2.24) is 5.32 Å². The number of hydrogen-bond acceptors (Lipinski definition) is 6. The summed E-state index contributed by atoms with van der Waals surface area (Å²) in [6, 6.07) is 16.1. The highest BCUT2D eigenvalue weighted by Gasteiger charge is 2.42. The number of nitro groups is 1. The Kier molecular flexibility index (Phi) is 6.72.